The largest absolute Gasteiger partial charge is 0.415 e. The monoisotopic (exact) mass is 550 g/mol. The molecule has 3 aromatic rings. The molecule has 210 valence electrons. The molecule has 1 unspecified atom stereocenters. The molecule has 6 nitrogen and oxygen atoms in total. The Balaban J connectivity index is 1.64. The van der Waals surface area contributed by atoms with Crippen LogP contribution in [0.3, 0.4) is 0 Å². The van der Waals surface area contributed by atoms with Gasteiger partial charge in [-0.05, 0) is 77.9 Å². The lowest BCUT2D eigenvalue weighted by Crippen LogP contribution is -2.29. The maximum atomic E-state index is 13.5. The van der Waals surface area contributed by atoms with Crippen LogP contribution in [0.5, 0.6) is 0 Å². The highest BCUT2D eigenvalue weighted by molar-refractivity contribution is 6.06. The second-order valence-electron chi connectivity index (χ2n) is 9.89. The summed E-state index contributed by atoms with van der Waals surface area (Å²) in [6.45, 7) is 3.96. The summed E-state index contributed by atoms with van der Waals surface area (Å²) in [4.78, 5) is 14.8. The Kier molecular flexibility index (Phi) is 8.96. The number of carbonyl (C=O) groups excluding carboxylic acids is 1. The standard InChI is InChI=1S/C31H33F3N4O2/c1-20(31(32,33)34)14-28(38(2)27-11-3-6-22(15-27)18-35)30(39)37-26-10-5-8-24(17-26)29(40-19-21-12-13-21)23-7-4-9-25(36)16-23/h3-11,14-17,21,29H,1,12-13,18-19,35-36H2,2H3,(H,37,39)/b28-14-. The molecular formula is C31H33F3N4O2. The van der Waals surface area contributed by atoms with Gasteiger partial charge in [0.2, 0.25) is 0 Å². The minimum Gasteiger partial charge on any atom is -0.399 e. The van der Waals surface area contributed by atoms with Crippen LogP contribution in [0, 0.1) is 5.92 Å². The van der Waals surface area contributed by atoms with E-state index in [1.54, 1.807) is 48.5 Å². The highest BCUT2D eigenvalue weighted by Gasteiger charge is 2.32. The van der Waals surface area contributed by atoms with Gasteiger partial charge < -0.3 is 26.4 Å². The molecular weight excluding hydrogens is 517 g/mol. The van der Waals surface area contributed by atoms with Crippen molar-refractivity contribution in [2.45, 2.75) is 31.7 Å². The number of likely N-dealkylation sites (N-methyl/N-ethyl adjacent to an activating group) is 1. The highest BCUT2D eigenvalue weighted by Crippen LogP contribution is 2.35. The van der Waals surface area contributed by atoms with Gasteiger partial charge in [-0.15, -0.1) is 0 Å². The highest BCUT2D eigenvalue weighted by atomic mass is 19.4. The van der Waals surface area contributed by atoms with E-state index >= 15 is 0 Å². The third-order valence-corrected chi connectivity index (χ3v) is 6.66. The quantitative estimate of drug-likeness (QED) is 0.148. The molecule has 40 heavy (non-hydrogen) atoms. The Morgan fingerprint density at radius 1 is 1.10 bits per heavy atom. The lowest BCUT2D eigenvalue weighted by Gasteiger charge is -2.24. The Bertz CT molecular complexity index is 1400. The van der Waals surface area contributed by atoms with Gasteiger partial charge in [0.1, 0.15) is 11.8 Å². The molecule has 1 atom stereocenters. The minimum absolute atomic E-state index is 0.237. The van der Waals surface area contributed by atoms with Gasteiger partial charge in [-0.3, -0.25) is 4.79 Å². The average molecular weight is 551 g/mol. The maximum absolute atomic E-state index is 13.5. The van der Waals surface area contributed by atoms with Crippen molar-refractivity contribution in [3.05, 3.63) is 113 Å². The van der Waals surface area contributed by atoms with Gasteiger partial charge in [-0.25, -0.2) is 0 Å². The third-order valence-electron chi connectivity index (χ3n) is 6.66. The molecule has 9 heteroatoms. The van der Waals surface area contributed by atoms with Crippen LogP contribution < -0.4 is 21.7 Å². The van der Waals surface area contributed by atoms with E-state index in [1.807, 2.05) is 24.3 Å². The number of nitrogens with two attached hydrogens (primary N) is 2. The summed E-state index contributed by atoms with van der Waals surface area (Å²) in [5, 5.41) is 2.75. The van der Waals surface area contributed by atoms with Crippen LogP contribution in [-0.2, 0) is 16.1 Å². The van der Waals surface area contributed by atoms with Crippen LogP contribution in [0.2, 0.25) is 0 Å². The fraction of sp³-hybridized carbons (Fsp3) is 0.258. The molecule has 0 radical (unpaired) electrons. The van der Waals surface area contributed by atoms with Gasteiger partial charge in [0.25, 0.3) is 5.91 Å². The van der Waals surface area contributed by atoms with Crippen LogP contribution in [0.25, 0.3) is 0 Å². The summed E-state index contributed by atoms with van der Waals surface area (Å²) >= 11 is 0. The molecule has 0 aliphatic heterocycles. The summed E-state index contributed by atoms with van der Waals surface area (Å²) in [5.41, 5.74) is 14.3. The van der Waals surface area contributed by atoms with Gasteiger partial charge >= 0.3 is 6.18 Å². The van der Waals surface area contributed by atoms with Gasteiger partial charge in [-0.2, -0.15) is 13.2 Å². The van der Waals surface area contributed by atoms with E-state index < -0.39 is 23.8 Å². The summed E-state index contributed by atoms with van der Waals surface area (Å²) < 4.78 is 46.5. The predicted molar refractivity (Wildman–Crippen MR) is 152 cm³/mol. The van der Waals surface area contributed by atoms with Crippen molar-refractivity contribution >= 4 is 23.0 Å². The summed E-state index contributed by atoms with van der Waals surface area (Å²) in [7, 11) is 1.52. The number of ether oxygens (including phenoxy) is 1. The van der Waals surface area contributed by atoms with E-state index in [0.717, 1.165) is 35.6 Å². The Hall–Kier alpha value is -4.08. The number of nitrogens with zero attached hydrogens (tertiary/aromatic N) is 1. The molecule has 4 rings (SSSR count). The van der Waals surface area contributed by atoms with Crippen LogP contribution in [-0.4, -0.2) is 25.7 Å². The first-order chi connectivity index (χ1) is 19.0. The fourth-order valence-corrected chi connectivity index (χ4v) is 4.19. The van der Waals surface area contributed by atoms with Crippen LogP contribution in [0.4, 0.5) is 30.2 Å². The predicted octanol–water partition coefficient (Wildman–Crippen LogP) is 6.32. The number of nitrogen functional groups attached to an aromatic ring is 1. The number of amides is 1. The zero-order valence-corrected chi connectivity index (χ0v) is 22.2. The summed E-state index contributed by atoms with van der Waals surface area (Å²) in [6.07, 6.45) is -2.14. The number of hydrogen-bond acceptors (Lipinski definition) is 5. The van der Waals surface area contributed by atoms with Crippen molar-refractivity contribution in [2.24, 2.45) is 11.7 Å². The average Bonchev–Trinajstić information content (AvgIpc) is 3.75. The number of allylic oxidation sites excluding steroid dienone is 2. The number of carbonyl (C=O) groups is 1. The first-order valence-electron chi connectivity index (χ1n) is 12.9. The SMILES string of the molecule is C=C(/C=C(/C(=O)Nc1cccc(C(OCC2CC2)c2cccc(N)c2)c1)N(C)c1cccc(CN)c1)C(F)(F)F. The molecule has 0 saturated heterocycles. The zero-order valence-electron chi connectivity index (χ0n) is 22.2. The van der Waals surface area contributed by atoms with Gasteiger partial charge in [0, 0.05) is 30.7 Å². The Morgan fingerprint density at radius 3 is 2.42 bits per heavy atom. The molecule has 0 heterocycles. The molecule has 0 bridgehead atoms. The van der Waals surface area contributed by atoms with E-state index in [-0.39, 0.29) is 12.2 Å². The molecule has 3 aromatic carbocycles. The number of alkyl halides is 3. The van der Waals surface area contributed by atoms with E-state index in [0.29, 0.717) is 29.6 Å². The van der Waals surface area contributed by atoms with Crippen molar-refractivity contribution in [3.63, 3.8) is 0 Å². The van der Waals surface area contributed by atoms with Gasteiger partial charge in [0.15, 0.2) is 0 Å². The summed E-state index contributed by atoms with van der Waals surface area (Å²) in [6, 6.07) is 21.4. The summed E-state index contributed by atoms with van der Waals surface area (Å²) in [5.74, 6) is -0.211. The van der Waals surface area contributed by atoms with Gasteiger partial charge in [0.05, 0.1) is 12.2 Å². The Morgan fingerprint density at radius 2 is 1.77 bits per heavy atom. The fourth-order valence-electron chi connectivity index (χ4n) is 4.19. The topological polar surface area (TPSA) is 93.6 Å². The van der Waals surface area contributed by atoms with Crippen LogP contribution >= 0.6 is 0 Å². The number of halogens is 3. The van der Waals surface area contributed by atoms with Crippen molar-refractivity contribution in [1.29, 1.82) is 0 Å². The normalized spacial score (nSPS) is 14.5. The lowest BCUT2D eigenvalue weighted by atomic mass is 10.00. The van der Waals surface area contributed by atoms with E-state index in [4.69, 9.17) is 16.2 Å². The number of benzene rings is 3. The van der Waals surface area contributed by atoms with Crippen LogP contribution in [0.1, 0.15) is 35.6 Å². The van der Waals surface area contributed by atoms with Crippen molar-refractivity contribution in [1.82, 2.24) is 0 Å². The zero-order chi connectivity index (χ0) is 28.9. The molecule has 1 saturated carbocycles. The molecule has 0 aromatic heterocycles. The molecule has 5 N–H and O–H groups in total. The van der Waals surface area contributed by atoms with E-state index in [2.05, 4.69) is 11.9 Å². The van der Waals surface area contributed by atoms with Crippen molar-refractivity contribution < 1.29 is 22.7 Å². The molecule has 1 amide bonds. The first-order valence-corrected chi connectivity index (χ1v) is 12.9. The number of hydrogen-bond donors (Lipinski definition) is 3. The van der Waals surface area contributed by atoms with Crippen molar-refractivity contribution in [2.75, 3.05) is 29.6 Å². The smallest absolute Gasteiger partial charge is 0.399 e. The maximum Gasteiger partial charge on any atom is 0.415 e. The second kappa shape index (κ2) is 12.4. The van der Waals surface area contributed by atoms with E-state index in [9.17, 15) is 18.0 Å². The molecule has 1 fully saturated rings. The third kappa shape index (κ3) is 7.52. The van der Waals surface area contributed by atoms with Crippen LogP contribution in [0.15, 0.2) is 96.7 Å². The Labute approximate surface area is 232 Å². The number of nitrogens with one attached hydrogen (secondary N) is 1. The second-order valence-corrected chi connectivity index (χ2v) is 9.89. The molecule has 1 aliphatic carbocycles. The molecule has 0 spiro atoms. The first kappa shape index (κ1) is 28.9. The lowest BCUT2D eigenvalue weighted by molar-refractivity contribution is -0.112. The number of rotatable bonds is 11. The minimum atomic E-state index is -4.70. The van der Waals surface area contributed by atoms with Gasteiger partial charge in [-0.1, -0.05) is 43.0 Å². The number of anilines is 3. The van der Waals surface area contributed by atoms with E-state index in [1.165, 1.54) is 11.9 Å². The molecule has 1 aliphatic rings. The van der Waals surface area contributed by atoms with Crippen molar-refractivity contribution in [3.8, 4) is 0 Å².